The molecule has 1 amide bonds. The predicted octanol–water partition coefficient (Wildman–Crippen LogP) is -1.41. The molecular weight excluding hydrogens is 286 g/mol. The number of piperidine rings is 1. The number of nitrogens with zero attached hydrogens (tertiary/aromatic N) is 3. The molecule has 2 saturated heterocycles. The van der Waals surface area contributed by atoms with Crippen LogP contribution in [0.2, 0.25) is 0 Å². The SMILES string of the molecule is CN(C)CC(=O)N1CCC(N(C)[C@@H]2COC[C@@H](O)[C@H]2O)CC1. The van der Waals surface area contributed by atoms with Crippen LogP contribution in [0, 0.1) is 0 Å². The van der Waals surface area contributed by atoms with Crippen molar-refractivity contribution in [3.63, 3.8) is 0 Å². The van der Waals surface area contributed by atoms with E-state index in [2.05, 4.69) is 4.90 Å². The molecule has 2 heterocycles. The van der Waals surface area contributed by atoms with Crippen LogP contribution in [-0.2, 0) is 9.53 Å². The average Bonchev–Trinajstić information content (AvgIpc) is 2.49. The van der Waals surface area contributed by atoms with Crippen molar-refractivity contribution < 1.29 is 19.7 Å². The van der Waals surface area contributed by atoms with Gasteiger partial charge in [0.25, 0.3) is 0 Å². The van der Waals surface area contributed by atoms with Crippen molar-refractivity contribution in [1.29, 1.82) is 0 Å². The first kappa shape index (κ1) is 17.6. The molecule has 7 nitrogen and oxygen atoms in total. The molecule has 0 saturated carbocycles. The summed E-state index contributed by atoms with van der Waals surface area (Å²) in [4.78, 5) is 18.0. The topological polar surface area (TPSA) is 76.5 Å². The Morgan fingerprint density at radius 2 is 1.82 bits per heavy atom. The first-order valence-corrected chi connectivity index (χ1v) is 7.98. The number of rotatable bonds is 4. The van der Waals surface area contributed by atoms with Gasteiger partial charge in [0, 0.05) is 19.1 Å². The van der Waals surface area contributed by atoms with Crippen LogP contribution < -0.4 is 0 Å². The van der Waals surface area contributed by atoms with Crippen molar-refractivity contribution in [3.8, 4) is 0 Å². The Bertz CT molecular complexity index is 372. The maximum atomic E-state index is 12.1. The van der Waals surface area contributed by atoms with E-state index < -0.39 is 12.2 Å². The van der Waals surface area contributed by atoms with E-state index in [1.165, 1.54) is 0 Å². The fourth-order valence-electron chi connectivity index (χ4n) is 3.29. The lowest BCUT2D eigenvalue weighted by Crippen LogP contribution is -2.59. The van der Waals surface area contributed by atoms with Gasteiger partial charge in [0.05, 0.1) is 31.9 Å². The number of aliphatic hydroxyl groups is 2. The summed E-state index contributed by atoms with van der Waals surface area (Å²) >= 11 is 0. The molecule has 0 spiro atoms. The molecule has 0 unspecified atom stereocenters. The van der Waals surface area contributed by atoms with Gasteiger partial charge in [0.2, 0.25) is 5.91 Å². The maximum Gasteiger partial charge on any atom is 0.236 e. The largest absolute Gasteiger partial charge is 0.389 e. The van der Waals surface area contributed by atoms with Gasteiger partial charge < -0.3 is 24.7 Å². The van der Waals surface area contributed by atoms with Crippen molar-refractivity contribution in [3.05, 3.63) is 0 Å². The third-order valence-corrected chi connectivity index (χ3v) is 4.73. The van der Waals surface area contributed by atoms with E-state index in [-0.39, 0.29) is 18.6 Å². The number of hydrogen-bond donors (Lipinski definition) is 2. The minimum atomic E-state index is -0.817. The highest BCUT2D eigenvalue weighted by atomic mass is 16.5. The lowest BCUT2D eigenvalue weighted by Gasteiger charge is -2.44. The quantitative estimate of drug-likeness (QED) is 0.664. The zero-order chi connectivity index (χ0) is 16.3. The van der Waals surface area contributed by atoms with Gasteiger partial charge in [-0.3, -0.25) is 9.69 Å². The number of likely N-dealkylation sites (N-methyl/N-ethyl adjacent to an activating group) is 2. The first-order valence-electron chi connectivity index (χ1n) is 7.98. The van der Waals surface area contributed by atoms with E-state index >= 15 is 0 Å². The summed E-state index contributed by atoms with van der Waals surface area (Å²) in [6.07, 6.45) is 0.180. The fourth-order valence-corrected chi connectivity index (χ4v) is 3.29. The molecule has 3 atom stereocenters. The van der Waals surface area contributed by atoms with Crippen molar-refractivity contribution in [2.45, 2.75) is 37.1 Å². The molecule has 0 bridgehead atoms. The third kappa shape index (κ3) is 4.17. The Morgan fingerprint density at radius 3 is 2.41 bits per heavy atom. The van der Waals surface area contributed by atoms with Crippen molar-refractivity contribution in [1.82, 2.24) is 14.7 Å². The molecule has 2 aliphatic heterocycles. The molecular formula is C15H29N3O4. The van der Waals surface area contributed by atoms with Gasteiger partial charge in [-0.2, -0.15) is 0 Å². The highest BCUT2D eigenvalue weighted by molar-refractivity contribution is 5.78. The summed E-state index contributed by atoms with van der Waals surface area (Å²) < 4.78 is 5.36. The Morgan fingerprint density at radius 1 is 1.18 bits per heavy atom. The van der Waals surface area contributed by atoms with Crippen LogP contribution in [0.5, 0.6) is 0 Å². The number of ether oxygens (including phenoxy) is 1. The van der Waals surface area contributed by atoms with Crippen LogP contribution >= 0.6 is 0 Å². The molecule has 2 N–H and O–H groups in total. The Labute approximate surface area is 132 Å². The average molecular weight is 315 g/mol. The van der Waals surface area contributed by atoms with Crippen LogP contribution in [0.3, 0.4) is 0 Å². The second-order valence-electron chi connectivity index (χ2n) is 6.68. The zero-order valence-corrected chi connectivity index (χ0v) is 13.8. The van der Waals surface area contributed by atoms with Gasteiger partial charge >= 0.3 is 0 Å². The van der Waals surface area contributed by atoms with Gasteiger partial charge in [-0.15, -0.1) is 0 Å². The molecule has 2 fully saturated rings. The van der Waals surface area contributed by atoms with E-state index in [1.807, 2.05) is 30.9 Å². The molecule has 0 aromatic heterocycles. The molecule has 0 aromatic rings. The standard InChI is InChI=1S/C15H29N3O4/c1-16(2)8-14(20)18-6-4-11(5-7-18)17(3)12-9-22-10-13(19)15(12)21/h11-13,15,19,21H,4-10H2,1-3H3/t12-,13-,15+/m1/s1. The zero-order valence-electron chi connectivity index (χ0n) is 13.8. The number of hydrogen-bond acceptors (Lipinski definition) is 6. The summed E-state index contributed by atoms with van der Waals surface area (Å²) in [6, 6.07) is 0.120. The summed E-state index contributed by atoms with van der Waals surface area (Å²) in [7, 11) is 5.76. The Kier molecular flexibility index (Phi) is 6.17. The number of carbonyl (C=O) groups is 1. The van der Waals surface area contributed by atoms with Crippen LogP contribution in [0.4, 0.5) is 0 Å². The molecule has 22 heavy (non-hydrogen) atoms. The molecule has 128 valence electrons. The molecule has 0 aliphatic carbocycles. The lowest BCUT2D eigenvalue weighted by molar-refractivity contribution is -0.141. The third-order valence-electron chi connectivity index (χ3n) is 4.73. The normalized spacial score (nSPS) is 31.0. The van der Waals surface area contributed by atoms with Gasteiger partial charge in [-0.05, 0) is 34.0 Å². The van der Waals surface area contributed by atoms with E-state index in [0.29, 0.717) is 19.2 Å². The Hall–Kier alpha value is -0.730. The minimum absolute atomic E-state index is 0.169. The predicted molar refractivity (Wildman–Crippen MR) is 82.5 cm³/mol. The van der Waals surface area contributed by atoms with E-state index in [4.69, 9.17) is 4.74 Å². The van der Waals surface area contributed by atoms with E-state index in [9.17, 15) is 15.0 Å². The molecule has 0 radical (unpaired) electrons. The fraction of sp³-hybridized carbons (Fsp3) is 0.933. The second-order valence-corrected chi connectivity index (χ2v) is 6.68. The van der Waals surface area contributed by atoms with Crippen LogP contribution in [0.25, 0.3) is 0 Å². The molecule has 7 heteroatoms. The monoisotopic (exact) mass is 315 g/mol. The first-order chi connectivity index (χ1) is 10.4. The lowest BCUT2D eigenvalue weighted by atomic mass is 9.97. The smallest absolute Gasteiger partial charge is 0.236 e. The highest BCUT2D eigenvalue weighted by Crippen LogP contribution is 2.22. The Balaban J connectivity index is 1.84. The van der Waals surface area contributed by atoms with Gasteiger partial charge in [-0.1, -0.05) is 0 Å². The van der Waals surface area contributed by atoms with Crippen LogP contribution in [0.15, 0.2) is 0 Å². The second kappa shape index (κ2) is 7.70. The number of likely N-dealkylation sites (tertiary alicyclic amines) is 1. The number of aliphatic hydroxyl groups excluding tert-OH is 2. The van der Waals surface area contributed by atoms with Crippen molar-refractivity contribution >= 4 is 5.91 Å². The molecule has 0 aromatic carbocycles. The maximum absolute atomic E-state index is 12.1. The van der Waals surface area contributed by atoms with Crippen molar-refractivity contribution in [2.24, 2.45) is 0 Å². The minimum Gasteiger partial charge on any atom is -0.389 e. The summed E-state index contributed by atoms with van der Waals surface area (Å²) in [5.74, 6) is 0.169. The van der Waals surface area contributed by atoms with Crippen molar-refractivity contribution in [2.75, 3.05) is 54.0 Å². The summed E-state index contributed by atoms with van der Waals surface area (Å²) in [5, 5.41) is 19.9. The summed E-state index contributed by atoms with van der Waals surface area (Å²) in [5.41, 5.74) is 0. The van der Waals surface area contributed by atoms with Gasteiger partial charge in [0.1, 0.15) is 6.10 Å². The molecule has 2 rings (SSSR count). The van der Waals surface area contributed by atoms with Gasteiger partial charge in [0.15, 0.2) is 0 Å². The van der Waals surface area contributed by atoms with E-state index in [0.717, 1.165) is 25.9 Å². The number of amides is 1. The summed E-state index contributed by atoms with van der Waals surface area (Å²) in [6.45, 7) is 2.57. The van der Waals surface area contributed by atoms with Gasteiger partial charge in [-0.25, -0.2) is 0 Å². The molecule has 2 aliphatic rings. The highest BCUT2D eigenvalue weighted by Gasteiger charge is 2.37. The van der Waals surface area contributed by atoms with Crippen LogP contribution in [0.1, 0.15) is 12.8 Å². The van der Waals surface area contributed by atoms with E-state index in [1.54, 1.807) is 0 Å². The number of carbonyl (C=O) groups excluding carboxylic acids is 1. The van der Waals surface area contributed by atoms with Crippen LogP contribution in [-0.4, -0.2) is 109 Å².